The van der Waals surface area contributed by atoms with Gasteiger partial charge in [0.25, 0.3) is 0 Å². The van der Waals surface area contributed by atoms with Crippen LogP contribution < -0.4 is 9.47 Å². The van der Waals surface area contributed by atoms with Gasteiger partial charge in [-0.25, -0.2) is 0 Å². The van der Waals surface area contributed by atoms with Crippen molar-refractivity contribution in [1.29, 1.82) is 0 Å². The molecule has 0 spiro atoms. The third-order valence-corrected chi connectivity index (χ3v) is 3.88. The average Bonchev–Trinajstić information content (AvgIpc) is 3.36. The van der Waals surface area contributed by atoms with Crippen molar-refractivity contribution >= 4 is 0 Å². The summed E-state index contributed by atoms with van der Waals surface area (Å²) in [6.07, 6.45) is -0.0385. The Balaban J connectivity index is 1.61. The summed E-state index contributed by atoms with van der Waals surface area (Å²) in [5.41, 5.74) is 3.42. The molecule has 1 unspecified atom stereocenters. The monoisotopic (exact) mass is 288 g/mol. The van der Waals surface area contributed by atoms with Crippen molar-refractivity contribution in [2.75, 3.05) is 0 Å². The van der Waals surface area contributed by atoms with E-state index in [-0.39, 0.29) is 6.10 Å². The Kier molecular flexibility index (Phi) is 3.08. The number of rotatable bonds is 4. The molecule has 2 heteroatoms. The zero-order valence-corrected chi connectivity index (χ0v) is 12.3. The first-order chi connectivity index (χ1) is 10.8. The fraction of sp³-hybridized carbons (Fsp3) is 0.100. The van der Waals surface area contributed by atoms with E-state index in [4.69, 9.17) is 9.47 Å². The largest absolute Gasteiger partial charge is 0.486 e. The Hall–Kier alpha value is -2.74. The molecule has 1 atom stereocenters. The first-order valence-corrected chi connectivity index (χ1v) is 7.45. The van der Waals surface area contributed by atoms with Crippen molar-refractivity contribution in [3.63, 3.8) is 0 Å². The minimum atomic E-state index is -0.0385. The lowest BCUT2D eigenvalue weighted by Crippen LogP contribution is -2.01. The summed E-state index contributed by atoms with van der Waals surface area (Å²) in [4.78, 5) is 0. The maximum Gasteiger partial charge on any atom is 0.178 e. The fourth-order valence-electron chi connectivity index (χ4n) is 2.70. The molecule has 0 bridgehead atoms. The smallest absolute Gasteiger partial charge is 0.178 e. The molecular weight excluding hydrogens is 272 g/mol. The van der Waals surface area contributed by atoms with Crippen LogP contribution >= 0.6 is 0 Å². The van der Waals surface area contributed by atoms with Crippen molar-refractivity contribution in [2.45, 2.75) is 13.0 Å². The van der Waals surface area contributed by atoms with E-state index >= 15 is 0 Å². The summed E-state index contributed by atoms with van der Waals surface area (Å²) in [5, 5.41) is 0. The van der Waals surface area contributed by atoms with E-state index < -0.39 is 0 Å². The number of hydrogen-bond donors (Lipinski definition) is 0. The molecule has 0 radical (unpaired) electrons. The predicted molar refractivity (Wildman–Crippen MR) is 87.4 cm³/mol. The van der Waals surface area contributed by atoms with Crippen molar-refractivity contribution < 1.29 is 9.47 Å². The first kappa shape index (κ1) is 13.0. The lowest BCUT2D eigenvalue weighted by Gasteiger charge is -2.14. The van der Waals surface area contributed by atoms with Crippen LogP contribution in [-0.2, 0) is 0 Å². The van der Waals surface area contributed by atoms with Crippen molar-refractivity contribution in [3.8, 4) is 28.4 Å². The maximum atomic E-state index is 5.98. The highest BCUT2D eigenvalue weighted by Gasteiger charge is 2.31. The number of hydrogen-bond acceptors (Lipinski definition) is 2. The molecule has 0 N–H and O–H groups in total. The second-order valence-corrected chi connectivity index (χ2v) is 5.40. The van der Waals surface area contributed by atoms with Crippen LogP contribution in [0.15, 0.2) is 72.8 Å². The van der Waals surface area contributed by atoms with E-state index in [1.165, 1.54) is 5.56 Å². The number of para-hydroxylation sites is 1. The van der Waals surface area contributed by atoms with E-state index in [0.717, 1.165) is 28.4 Å². The molecule has 1 heterocycles. The van der Waals surface area contributed by atoms with Crippen LogP contribution in [0.1, 0.15) is 18.6 Å². The SMILES string of the molecule is CC(Oc1ccccc1)c1ccc(-c2ccccc2)c2c1O2. The highest BCUT2D eigenvalue weighted by molar-refractivity contribution is 5.81. The van der Waals surface area contributed by atoms with Gasteiger partial charge in [-0.3, -0.25) is 0 Å². The lowest BCUT2D eigenvalue weighted by atomic mass is 10.0. The molecule has 3 aromatic rings. The number of fused-ring (bicyclic) bond motifs is 1. The van der Waals surface area contributed by atoms with E-state index in [2.05, 4.69) is 24.3 Å². The predicted octanol–water partition coefficient (Wildman–Crippen LogP) is 5.60. The molecule has 22 heavy (non-hydrogen) atoms. The van der Waals surface area contributed by atoms with Crippen LogP contribution in [0, 0.1) is 0 Å². The molecule has 1 aliphatic heterocycles. The molecule has 3 aromatic carbocycles. The van der Waals surface area contributed by atoms with Crippen molar-refractivity contribution in [3.05, 3.63) is 78.4 Å². The average molecular weight is 288 g/mol. The second-order valence-electron chi connectivity index (χ2n) is 5.40. The molecular formula is C20H16O2. The summed E-state index contributed by atoms with van der Waals surface area (Å²) in [6.45, 7) is 2.05. The zero-order chi connectivity index (χ0) is 14.9. The van der Waals surface area contributed by atoms with E-state index in [1.54, 1.807) is 0 Å². The van der Waals surface area contributed by atoms with Crippen LogP contribution in [-0.4, -0.2) is 0 Å². The van der Waals surface area contributed by atoms with Crippen LogP contribution in [0.3, 0.4) is 0 Å². The Morgan fingerprint density at radius 2 is 1.45 bits per heavy atom. The van der Waals surface area contributed by atoms with Gasteiger partial charge in [-0.15, -0.1) is 0 Å². The molecule has 108 valence electrons. The van der Waals surface area contributed by atoms with Crippen molar-refractivity contribution in [2.24, 2.45) is 0 Å². The van der Waals surface area contributed by atoms with E-state index in [1.807, 2.05) is 55.5 Å². The van der Waals surface area contributed by atoms with Crippen LogP contribution in [0.5, 0.6) is 17.2 Å². The number of ether oxygens (including phenoxy) is 2. The van der Waals surface area contributed by atoms with Gasteiger partial charge < -0.3 is 9.47 Å². The van der Waals surface area contributed by atoms with E-state index in [0.29, 0.717) is 0 Å². The molecule has 2 nitrogen and oxygen atoms in total. The molecule has 0 saturated carbocycles. The Morgan fingerprint density at radius 3 is 2.18 bits per heavy atom. The Bertz CT molecular complexity index is 795. The quantitative estimate of drug-likeness (QED) is 0.456. The Labute approximate surface area is 129 Å². The highest BCUT2D eigenvalue weighted by atomic mass is 16.6. The van der Waals surface area contributed by atoms with Crippen LogP contribution in [0.2, 0.25) is 0 Å². The Morgan fingerprint density at radius 1 is 0.773 bits per heavy atom. The summed E-state index contributed by atoms with van der Waals surface area (Å²) < 4.78 is 11.7. The summed E-state index contributed by atoms with van der Waals surface area (Å²) in [6, 6.07) is 24.4. The van der Waals surface area contributed by atoms with Gasteiger partial charge in [0.15, 0.2) is 11.5 Å². The molecule has 0 saturated heterocycles. The molecule has 1 aliphatic rings. The lowest BCUT2D eigenvalue weighted by molar-refractivity contribution is 0.226. The summed E-state index contributed by atoms with van der Waals surface area (Å²) >= 11 is 0. The van der Waals surface area contributed by atoms with Gasteiger partial charge in [0.2, 0.25) is 0 Å². The van der Waals surface area contributed by atoms with Crippen LogP contribution in [0.4, 0.5) is 0 Å². The minimum Gasteiger partial charge on any atom is -0.486 e. The summed E-state index contributed by atoms with van der Waals surface area (Å²) in [5.74, 6) is 2.81. The molecule has 0 fully saturated rings. The normalized spacial score (nSPS) is 13.0. The number of benzene rings is 3. The van der Waals surface area contributed by atoms with Crippen molar-refractivity contribution in [1.82, 2.24) is 0 Å². The van der Waals surface area contributed by atoms with Gasteiger partial charge in [-0.2, -0.15) is 0 Å². The van der Waals surface area contributed by atoms with E-state index in [9.17, 15) is 0 Å². The fourth-order valence-corrected chi connectivity index (χ4v) is 2.70. The minimum absolute atomic E-state index is 0.0385. The molecule has 0 aliphatic carbocycles. The topological polar surface area (TPSA) is 21.8 Å². The standard InChI is InChI=1S/C20H16O2/c1-14(21-16-10-6-3-7-11-16)17-12-13-18(20-19(17)22-20)15-8-4-2-5-9-15/h2-14H,1H3. The van der Waals surface area contributed by atoms with Gasteiger partial charge in [0.1, 0.15) is 11.9 Å². The third kappa shape index (κ3) is 2.33. The molecule has 4 rings (SSSR count). The van der Waals surface area contributed by atoms with Gasteiger partial charge in [-0.1, -0.05) is 54.6 Å². The molecule has 0 amide bonds. The van der Waals surface area contributed by atoms with Gasteiger partial charge in [0.05, 0.1) is 0 Å². The van der Waals surface area contributed by atoms with Crippen LogP contribution in [0.25, 0.3) is 11.1 Å². The maximum absolute atomic E-state index is 5.98. The third-order valence-electron chi connectivity index (χ3n) is 3.88. The van der Waals surface area contributed by atoms with Gasteiger partial charge in [0, 0.05) is 11.1 Å². The van der Waals surface area contributed by atoms with Gasteiger partial charge in [-0.05, 0) is 30.7 Å². The second kappa shape index (κ2) is 5.23. The highest BCUT2D eigenvalue weighted by Crippen LogP contribution is 2.56. The van der Waals surface area contributed by atoms with Gasteiger partial charge >= 0.3 is 0 Å². The zero-order valence-electron chi connectivity index (χ0n) is 12.3. The first-order valence-electron chi connectivity index (χ1n) is 7.45. The molecule has 0 aromatic heterocycles. The summed E-state index contributed by atoms with van der Waals surface area (Å²) in [7, 11) is 0.